The van der Waals surface area contributed by atoms with Gasteiger partial charge < -0.3 is 10.1 Å². The second kappa shape index (κ2) is 4.48. The van der Waals surface area contributed by atoms with E-state index in [1.165, 1.54) is 6.07 Å². The van der Waals surface area contributed by atoms with Gasteiger partial charge in [0, 0.05) is 6.54 Å². The molecule has 84 valence electrons. The number of rotatable bonds is 3. The highest BCUT2D eigenvalue weighted by Crippen LogP contribution is 2.26. The minimum absolute atomic E-state index is 0.342. The molecule has 1 N–H and O–H groups in total. The molecule has 0 radical (unpaired) electrons. The standard InChI is InChI=1S/C9H9F4NO/c1-14-5-6-2-3-7(10)8(4-6)15-9(11,12)13/h2-4,14H,5H2,1H3. The Hall–Kier alpha value is -1.30. The van der Waals surface area contributed by atoms with Crippen molar-refractivity contribution in [3.63, 3.8) is 0 Å². The quantitative estimate of drug-likeness (QED) is 0.794. The Balaban J connectivity index is 2.90. The summed E-state index contributed by atoms with van der Waals surface area (Å²) in [5.41, 5.74) is 0.512. The number of nitrogens with one attached hydrogen (secondary N) is 1. The first kappa shape index (κ1) is 11.8. The lowest BCUT2D eigenvalue weighted by Crippen LogP contribution is -2.18. The molecule has 15 heavy (non-hydrogen) atoms. The lowest BCUT2D eigenvalue weighted by molar-refractivity contribution is -0.275. The first-order chi connectivity index (χ1) is 6.92. The highest BCUT2D eigenvalue weighted by atomic mass is 19.4. The third-order valence-corrected chi connectivity index (χ3v) is 1.60. The van der Waals surface area contributed by atoms with Gasteiger partial charge in [-0.3, -0.25) is 0 Å². The Kier molecular flexibility index (Phi) is 3.52. The van der Waals surface area contributed by atoms with Crippen LogP contribution in [0.3, 0.4) is 0 Å². The molecular weight excluding hydrogens is 214 g/mol. The van der Waals surface area contributed by atoms with Gasteiger partial charge in [0.2, 0.25) is 0 Å². The van der Waals surface area contributed by atoms with Crippen molar-refractivity contribution in [1.29, 1.82) is 0 Å². The van der Waals surface area contributed by atoms with Crippen LogP contribution >= 0.6 is 0 Å². The molecular formula is C9H9F4NO. The molecule has 0 aliphatic rings. The van der Waals surface area contributed by atoms with Crippen LogP contribution in [0.2, 0.25) is 0 Å². The van der Waals surface area contributed by atoms with Crippen molar-refractivity contribution in [2.75, 3.05) is 7.05 Å². The van der Waals surface area contributed by atoms with Gasteiger partial charge in [-0.05, 0) is 24.7 Å². The molecule has 0 heterocycles. The van der Waals surface area contributed by atoms with E-state index < -0.39 is 17.9 Å². The van der Waals surface area contributed by atoms with E-state index in [-0.39, 0.29) is 0 Å². The Morgan fingerprint density at radius 2 is 2.00 bits per heavy atom. The Labute approximate surface area is 83.9 Å². The zero-order chi connectivity index (χ0) is 11.5. The van der Waals surface area contributed by atoms with Gasteiger partial charge in [0.05, 0.1) is 0 Å². The van der Waals surface area contributed by atoms with Gasteiger partial charge in [-0.2, -0.15) is 0 Å². The predicted molar refractivity (Wildman–Crippen MR) is 45.8 cm³/mol. The lowest BCUT2D eigenvalue weighted by Gasteiger charge is -2.10. The van der Waals surface area contributed by atoms with Crippen molar-refractivity contribution >= 4 is 0 Å². The van der Waals surface area contributed by atoms with Gasteiger partial charge in [-0.1, -0.05) is 6.07 Å². The summed E-state index contributed by atoms with van der Waals surface area (Å²) >= 11 is 0. The van der Waals surface area contributed by atoms with Crippen LogP contribution in [-0.4, -0.2) is 13.4 Å². The van der Waals surface area contributed by atoms with Crippen molar-refractivity contribution in [3.05, 3.63) is 29.6 Å². The van der Waals surface area contributed by atoms with E-state index in [0.29, 0.717) is 12.1 Å². The Morgan fingerprint density at radius 1 is 1.33 bits per heavy atom. The number of hydrogen-bond donors (Lipinski definition) is 1. The fraction of sp³-hybridized carbons (Fsp3) is 0.333. The first-order valence-corrected chi connectivity index (χ1v) is 4.11. The maximum Gasteiger partial charge on any atom is 0.573 e. The van der Waals surface area contributed by atoms with E-state index in [4.69, 9.17) is 0 Å². The number of benzene rings is 1. The van der Waals surface area contributed by atoms with Crippen LogP contribution in [0.5, 0.6) is 5.75 Å². The van der Waals surface area contributed by atoms with Crippen molar-refractivity contribution in [2.24, 2.45) is 0 Å². The van der Waals surface area contributed by atoms with Crippen LogP contribution in [0.15, 0.2) is 18.2 Å². The molecule has 1 aromatic carbocycles. The zero-order valence-electron chi connectivity index (χ0n) is 7.86. The first-order valence-electron chi connectivity index (χ1n) is 4.11. The summed E-state index contributed by atoms with van der Waals surface area (Å²) in [6.45, 7) is 0.342. The van der Waals surface area contributed by atoms with Crippen molar-refractivity contribution < 1.29 is 22.3 Å². The minimum atomic E-state index is -4.88. The Bertz CT molecular complexity index is 337. The van der Waals surface area contributed by atoms with Crippen LogP contribution < -0.4 is 10.1 Å². The van der Waals surface area contributed by atoms with Gasteiger partial charge in [0.25, 0.3) is 0 Å². The average Bonchev–Trinajstić information content (AvgIpc) is 2.09. The van der Waals surface area contributed by atoms with Crippen LogP contribution in [0.4, 0.5) is 17.6 Å². The summed E-state index contributed by atoms with van der Waals surface area (Å²) in [6.07, 6.45) is -4.88. The topological polar surface area (TPSA) is 21.3 Å². The summed E-state index contributed by atoms with van der Waals surface area (Å²) in [7, 11) is 1.63. The second-order valence-corrected chi connectivity index (χ2v) is 2.84. The maximum absolute atomic E-state index is 12.9. The number of alkyl halides is 3. The molecule has 0 bridgehead atoms. The van der Waals surface area contributed by atoms with Crippen LogP contribution in [0, 0.1) is 5.82 Å². The van der Waals surface area contributed by atoms with Gasteiger partial charge in [-0.15, -0.1) is 13.2 Å². The third kappa shape index (κ3) is 3.75. The maximum atomic E-state index is 12.9. The van der Waals surface area contributed by atoms with E-state index in [9.17, 15) is 17.6 Å². The van der Waals surface area contributed by atoms with Gasteiger partial charge in [-0.25, -0.2) is 4.39 Å². The van der Waals surface area contributed by atoms with E-state index >= 15 is 0 Å². The fourth-order valence-electron chi connectivity index (χ4n) is 1.06. The van der Waals surface area contributed by atoms with Crippen LogP contribution in [0.25, 0.3) is 0 Å². The van der Waals surface area contributed by atoms with Crippen molar-refractivity contribution in [3.8, 4) is 5.75 Å². The summed E-state index contributed by atoms with van der Waals surface area (Å²) in [4.78, 5) is 0. The summed E-state index contributed by atoms with van der Waals surface area (Å²) in [5, 5.41) is 2.73. The molecule has 0 unspecified atom stereocenters. The highest BCUT2D eigenvalue weighted by molar-refractivity contribution is 5.30. The SMILES string of the molecule is CNCc1ccc(F)c(OC(F)(F)F)c1. The normalized spacial score (nSPS) is 11.5. The molecule has 0 atom stereocenters. The highest BCUT2D eigenvalue weighted by Gasteiger charge is 2.32. The van der Waals surface area contributed by atoms with Gasteiger partial charge >= 0.3 is 6.36 Å². The van der Waals surface area contributed by atoms with E-state index in [1.807, 2.05) is 0 Å². The molecule has 0 fully saturated rings. The molecule has 0 amide bonds. The summed E-state index contributed by atoms with van der Waals surface area (Å²) in [5.74, 6) is -1.84. The number of halogens is 4. The predicted octanol–water partition coefficient (Wildman–Crippen LogP) is 2.44. The molecule has 0 aliphatic carbocycles. The molecule has 0 spiro atoms. The van der Waals surface area contributed by atoms with Crippen molar-refractivity contribution in [2.45, 2.75) is 12.9 Å². The van der Waals surface area contributed by atoms with Gasteiger partial charge in [0.1, 0.15) is 0 Å². The fourth-order valence-corrected chi connectivity index (χ4v) is 1.06. The van der Waals surface area contributed by atoms with Crippen molar-refractivity contribution in [1.82, 2.24) is 5.32 Å². The molecule has 1 rings (SSSR count). The summed E-state index contributed by atoms with van der Waals surface area (Å²) in [6, 6.07) is 3.34. The second-order valence-electron chi connectivity index (χ2n) is 2.84. The van der Waals surface area contributed by atoms with E-state index in [1.54, 1.807) is 7.05 Å². The number of hydrogen-bond acceptors (Lipinski definition) is 2. The molecule has 0 saturated carbocycles. The molecule has 2 nitrogen and oxygen atoms in total. The molecule has 0 saturated heterocycles. The molecule has 6 heteroatoms. The number of ether oxygens (including phenoxy) is 1. The summed E-state index contributed by atoms with van der Waals surface area (Å²) < 4.78 is 51.9. The molecule has 0 aromatic heterocycles. The Morgan fingerprint density at radius 3 is 2.53 bits per heavy atom. The monoisotopic (exact) mass is 223 g/mol. The van der Waals surface area contributed by atoms with Crippen LogP contribution in [-0.2, 0) is 6.54 Å². The smallest absolute Gasteiger partial charge is 0.403 e. The van der Waals surface area contributed by atoms with Gasteiger partial charge in [0.15, 0.2) is 11.6 Å². The minimum Gasteiger partial charge on any atom is -0.403 e. The van der Waals surface area contributed by atoms with Crippen LogP contribution in [0.1, 0.15) is 5.56 Å². The third-order valence-electron chi connectivity index (χ3n) is 1.60. The zero-order valence-corrected chi connectivity index (χ0v) is 7.86. The van der Waals surface area contributed by atoms with E-state index in [0.717, 1.165) is 12.1 Å². The lowest BCUT2D eigenvalue weighted by atomic mass is 10.2. The average molecular weight is 223 g/mol. The largest absolute Gasteiger partial charge is 0.573 e. The van der Waals surface area contributed by atoms with E-state index in [2.05, 4.69) is 10.1 Å². The molecule has 1 aromatic rings. The molecule has 0 aliphatic heterocycles.